The Morgan fingerprint density at radius 2 is 2.33 bits per heavy atom. The van der Waals surface area contributed by atoms with Gasteiger partial charge in [-0.15, -0.1) is 0 Å². The summed E-state index contributed by atoms with van der Waals surface area (Å²) >= 11 is 1.36. The van der Waals surface area contributed by atoms with E-state index in [0.717, 1.165) is 17.0 Å². The van der Waals surface area contributed by atoms with Crippen LogP contribution >= 0.6 is 11.8 Å². The van der Waals surface area contributed by atoms with Gasteiger partial charge in [0, 0.05) is 13.6 Å². The number of anilines is 1. The van der Waals surface area contributed by atoms with Crippen molar-refractivity contribution < 1.29 is 4.79 Å². The third kappa shape index (κ3) is 2.70. The molecule has 2 aromatic heterocycles. The lowest BCUT2D eigenvalue weighted by Crippen LogP contribution is -2.19. The normalized spacial score (nSPS) is 10.6. The molecule has 0 radical (unpaired) electrons. The van der Waals surface area contributed by atoms with Gasteiger partial charge in [0.15, 0.2) is 5.65 Å². The van der Waals surface area contributed by atoms with Gasteiger partial charge < -0.3 is 10.6 Å². The molecule has 3 N–H and O–H groups in total. The van der Waals surface area contributed by atoms with E-state index in [9.17, 15) is 4.79 Å². The highest BCUT2D eigenvalue weighted by molar-refractivity contribution is 8.00. The number of carbonyl (C=O) groups excluding carboxylic acids is 1. The van der Waals surface area contributed by atoms with Gasteiger partial charge in [0.2, 0.25) is 11.9 Å². The van der Waals surface area contributed by atoms with E-state index in [1.165, 1.54) is 11.8 Å². The molecule has 18 heavy (non-hydrogen) atoms. The number of fused-ring (bicyclic) bond motifs is 1. The third-order valence-corrected chi connectivity index (χ3v) is 3.22. The Kier molecular flexibility index (Phi) is 3.98. The first-order valence-electron chi connectivity index (χ1n) is 5.53. The molecule has 0 spiro atoms. The lowest BCUT2D eigenvalue weighted by atomic mass is 10.4. The molecule has 0 saturated carbocycles. The first-order valence-corrected chi connectivity index (χ1v) is 6.51. The molecule has 0 fully saturated rings. The number of aromatic nitrogens is 4. The number of aromatic amines is 1. The van der Waals surface area contributed by atoms with Gasteiger partial charge in [-0.1, -0.05) is 11.8 Å². The summed E-state index contributed by atoms with van der Waals surface area (Å²) in [5.74, 6) is 0.813. The lowest BCUT2D eigenvalue weighted by molar-refractivity contribution is -0.118. The fourth-order valence-corrected chi connectivity index (χ4v) is 2.23. The fraction of sp³-hybridized carbons (Fsp3) is 0.400. The first kappa shape index (κ1) is 12.6. The predicted octanol–water partition coefficient (Wildman–Crippen LogP) is 0.623. The second-order valence-corrected chi connectivity index (χ2v) is 4.44. The molecular weight excluding hydrogens is 252 g/mol. The van der Waals surface area contributed by atoms with E-state index in [1.54, 1.807) is 13.2 Å². The number of hydrogen-bond acceptors (Lipinski definition) is 6. The largest absolute Gasteiger partial charge is 0.358 e. The lowest BCUT2D eigenvalue weighted by Gasteiger charge is -2.05. The predicted molar refractivity (Wildman–Crippen MR) is 70.6 cm³/mol. The van der Waals surface area contributed by atoms with Crippen molar-refractivity contribution in [1.82, 2.24) is 25.5 Å². The highest BCUT2D eigenvalue weighted by Gasteiger charge is 2.11. The number of carbonyl (C=O) groups is 1. The second-order valence-electron chi connectivity index (χ2n) is 3.48. The molecule has 96 valence electrons. The van der Waals surface area contributed by atoms with Crippen molar-refractivity contribution in [3.63, 3.8) is 0 Å². The van der Waals surface area contributed by atoms with E-state index in [0.29, 0.717) is 17.3 Å². The van der Waals surface area contributed by atoms with Crippen molar-refractivity contribution in [3.8, 4) is 0 Å². The highest BCUT2D eigenvalue weighted by Crippen LogP contribution is 2.24. The number of thioether (sulfide) groups is 1. The van der Waals surface area contributed by atoms with Crippen LogP contribution in [-0.4, -0.2) is 45.4 Å². The minimum Gasteiger partial charge on any atom is -0.358 e. The van der Waals surface area contributed by atoms with Crippen LogP contribution in [0.5, 0.6) is 0 Å². The van der Waals surface area contributed by atoms with Crippen LogP contribution in [0.2, 0.25) is 0 Å². The standard InChI is InChI=1S/C10H14N6OS/c1-3-12-10-14-8-6(4-13-16-8)9(15-10)18-5-7(17)11-2/h4H,3,5H2,1-2H3,(H,11,17)(H2,12,13,14,15,16). The van der Waals surface area contributed by atoms with E-state index in [2.05, 4.69) is 30.8 Å². The Morgan fingerprint density at radius 1 is 1.50 bits per heavy atom. The molecule has 0 unspecified atom stereocenters. The van der Waals surface area contributed by atoms with Crippen molar-refractivity contribution in [2.45, 2.75) is 11.9 Å². The molecule has 2 heterocycles. The van der Waals surface area contributed by atoms with Gasteiger partial charge in [0.25, 0.3) is 0 Å². The van der Waals surface area contributed by atoms with E-state index >= 15 is 0 Å². The van der Waals surface area contributed by atoms with Crippen LogP contribution in [-0.2, 0) is 4.79 Å². The van der Waals surface area contributed by atoms with Gasteiger partial charge in [0.1, 0.15) is 5.03 Å². The SMILES string of the molecule is CCNc1nc(SCC(=O)NC)c2cn[nH]c2n1. The molecule has 8 heteroatoms. The smallest absolute Gasteiger partial charge is 0.230 e. The Labute approximate surface area is 108 Å². The highest BCUT2D eigenvalue weighted by atomic mass is 32.2. The monoisotopic (exact) mass is 266 g/mol. The molecule has 7 nitrogen and oxygen atoms in total. The van der Waals surface area contributed by atoms with E-state index in [-0.39, 0.29) is 5.91 Å². The summed E-state index contributed by atoms with van der Waals surface area (Å²) < 4.78 is 0. The van der Waals surface area contributed by atoms with Crippen molar-refractivity contribution in [2.24, 2.45) is 0 Å². The second kappa shape index (κ2) is 5.67. The van der Waals surface area contributed by atoms with Crippen LogP contribution in [0.4, 0.5) is 5.95 Å². The summed E-state index contributed by atoms with van der Waals surface area (Å²) in [6.07, 6.45) is 1.66. The maximum atomic E-state index is 11.3. The van der Waals surface area contributed by atoms with Gasteiger partial charge in [0.05, 0.1) is 17.3 Å². The molecule has 0 aliphatic rings. The number of amides is 1. The molecule has 1 amide bonds. The van der Waals surface area contributed by atoms with Gasteiger partial charge in [-0.3, -0.25) is 9.89 Å². The number of nitrogens with one attached hydrogen (secondary N) is 3. The topological polar surface area (TPSA) is 95.6 Å². The quantitative estimate of drug-likeness (QED) is 0.542. The summed E-state index contributed by atoms with van der Waals surface area (Å²) in [5.41, 5.74) is 0.667. The maximum absolute atomic E-state index is 11.3. The summed E-state index contributed by atoms with van der Waals surface area (Å²) in [4.78, 5) is 19.9. The maximum Gasteiger partial charge on any atom is 0.230 e. The van der Waals surface area contributed by atoms with E-state index in [4.69, 9.17) is 0 Å². The zero-order valence-corrected chi connectivity index (χ0v) is 11.0. The molecule has 0 saturated heterocycles. The number of hydrogen-bond donors (Lipinski definition) is 3. The minimum absolute atomic E-state index is 0.0414. The zero-order chi connectivity index (χ0) is 13.0. The summed E-state index contributed by atoms with van der Waals surface area (Å²) in [5, 5.41) is 13.9. The average molecular weight is 266 g/mol. The molecule has 0 aliphatic carbocycles. The van der Waals surface area contributed by atoms with Crippen LogP contribution in [0.1, 0.15) is 6.92 Å². The number of H-pyrrole nitrogens is 1. The molecule has 2 rings (SSSR count). The van der Waals surface area contributed by atoms with Crippen molar-refractivity contribution in [2.75, 3.05) is 24.7 Å². The van der Waals surface area contributed by atoms with Crippen molar-refractivity contribution in [3.05, 3.63) is 6.20 Å². The summed E-state index contributed by atoms with van der Waals surface area (Å²) in [7, 11) is 1.61. The fourth-order valence-electron chi connectivity index (χ4n) is 1.36. The van der Waals surface area contributed by atoms with Crippen molar-refractivity contribution >= 4 is 34.7 Å². The van der Waals surface area contributed by atoms with Crippen LogP contribution in [0.3, 0.4) is 0 Å². The molecule has 2 aromatic rings. The summed E-state index contributed by atoms with van der Waals surface area (Å²) in [6, 6.07) is 0. The van der Waals surface area contributed by atoms with E-state index in [1.807, 2.05) is 6.92 Å². The van der Waals surface area contributed by atoms with Crippen LogP contribution in [0, 0.1) is 0 Å². The molecular formula is C10H14N6OS. The van der Waals surface area contributed by atoms with Gasteiger partial charge in [-0.2, -0.15) is 10.1 Å². The Morgan fingerprint density at radius 3 is 3.06 bits per heavy atom. The van der Waals surface area contributed by atoms with E-state index < -0.39 is 0 Å². The van der Waals surface area contributed by atoms with Crippen LogP contribution in [0.25, 0.3) is 11.0 Å². The minimum atomic E-state index is -0.0414. The Bertz CT molecular complexity index is 554. The molecule has 0 atom stereocenters. The van der Waals surface area contributed by atoms with Gasteiger partial charge in [-0.05, 0) is 6.92 Å². The first-order chi connectivity index (χ1) is 8.74. The van der Waals surface area contributed by atoms with Gasteiger partial charge >= 0.3 is 0 Å². The molecule has 0 aromatic carbocycles. The van der Waals surface area contributed by atoms with Gasteiger partial charge in [-0.25, -0.2) is 4.98 Å². The average Bonchev–Trinajstić information content (AvgIpc) is 2.84. The third-order valence-electron chi connectivity index (χ3n) is 2.23. The van der Waals surface area contributed by atoms with Crippen LogP contribution in [0.15, 0.2) is 11.2 Å². The van der Waals surface area contributed by atoms with Crippen molar-refractivity contribution in [1.29, 1.82) is 0 Å². The number of rotatable bonds is 5. The van der Waals surface area contributed by atoms with Crippen LogP contribution < -0.4 is 10.6 Å². The summed E-state index contributed by atoms with van der Waals surface area (Å²) in [6.45, 7) is 2.71. The number of nitrogens with zero attached hydrogens (tertiary/aromatic N) is 3. The Balaban J connectivity index is 2.28. The zero-order valence-electron chi connectivity index (χ0n) is 10.1. The molecule has 0 aliphatic heterocycles. The molecule has 0 bridgehead atoms. The Hall–Kier alpha value is -1.83.